The van der Waals surface area contributed by atoms with Gasteiger partial charge in [0.2, 0.25) is 0 Å². The molecule has 7 heteroatoms. The minimum atomic E-state index is -0.547. The zero-order valence-electron chi connectivity index (χ0n) is 11.6. The Hall–Kier alpha value is -2.20. The van der Waals surface area contributed by atoms with E-state index in [1.54, 1.807) is 0 Å². The monoisotopic (exact) mass is 278 g/mol. The van der Waals surface area contributed by atoms with Gasteiger partial charge in [-0.2, -0.15) is 5.26 Å². The summed E-state index contributed by atoms with van der Waals surface area (Å²) in [5, 5.41) is 19.2. The first kappa shape index (κ1) is 15.9. The van der Waals surface area contributed by atoms with Crippen LogP contribution in [0.2, 0.25) is 0 Å². The Labute approximate surface area is 117 Å². The van der Waals surface area contributed by atoms with Crippen molar-refractivity contribution >= 4 is 11.5 Å². The molecule has 0 aromatic carbocycles. The van der Waals surface area contributed by atoms with Crippen LogP contribution in [-0.4, -0.2) is 40.2 Å². The molecule has 0 radical (unpaired) electrons. The number of rotatable bonds is 8. The molecule has 108 valence electrons. The van der Waals surface area contributed by atoms with E-state index in [9.17, 15) is 14.9 Å². The molecule has 20 heavy (non-hydrogen) atoms. The number of aromatic amines is 1. The Morgan fingerprint density at radius 1 is 1.60 bits per heavy atom. The Morgan fingerprint density at radius 2 is 2.30 bits per heavy atom. The molecule has 0 bridgehead atoms. The summed E-state index contributed by atoms with van der Waals surface area (Å²) in [4.78, 5) is 26.6. The second-order valence-corrected chi connectivity index (χ2v) is 4.99. The predicted molar refractivity (Wildman–Crippen MR) is 73.3 cm³/mol. The first-order valence-electron chi connectivity index (χ1n) is 6.39. The maximum Gasteiger partial charge on any atom is 0.287 e. The minimum absolute atomic E-state index is 0.124. The van der Waals surface area contributed by atoms with Crippen molar-refractivity contribution < 1.29 is 9.72 Å². The van der Waals surface area contributed by atoms with Gasteiger partial charge in [0.1, 0.15) is 0 Å². The topological polar surface area (TPSA) is 103 Å². The van der Waals surface area contributed by atoms with E-state index in [0.717, 1.165) is 0 Å². The lowest BCUT2D eigenvalue weighted by Gasteiger charge is -2.21. The quantitative estimate of drug-likeness (QED) is 0.445. The SMILES string of the molecule is CC(C)CN(CCC#N)CC(=O)c1cc([N+](=O)[O-])c[nH]1. The summed E-state index contributed by atoms with van der Waals surface area (Å²) < 4.78 is 0. The van der Waals surface area contributed by atoms with Crippen LogP contribution in [0.4, 0.5) is 5.69 Å². The average molecular weight is 278 g/mol. The zero-order valence-corrected chi connectivity index (χ0v) is 11.6. The molecule has 1 aromatic rings. The van der Waals surface area contributed by atoms with Gasteiger partial charge < -0.3 is 4.98 Å². The number of hydrogen-bond acceptors (Lipinski definition) is 5. The van der Waals surface area contributed by atoms with Gasteiger partial charge in [-0.3, -0.25) is 19.8 Å². The maximum absolute atomic E-state index is 12.1. The molecule has 0 aliphatic heterocycles. The molecular formula is C13H18N4O3. The van der Waals surface area contributed by atoms with E-state index >= 15 is 0 Å². The minimum Gasteiger partial charge on any atom is -0.353 e. The van der Waals surface area contributed by atoms with Crippen LogP contribution >= 0.6 is 0 Å². The standard InChI is InChI=1S/C13H18N4O3/c1-10(2)8-16(5-3-4-14)9-13(18)12-6-11(7-15-12)17(19)20/h6-7,10,15H,3,5,8-9H2,1-2H3. The smallest absolute Gasteiger partial charge is 0.287 e. The van der Waals surface area contributed by atoms with Crippen LogP contribution in [0.5, 0.6) is 0 Å². The average Bonchev–Trinajstić information content (AvgIpc) is 2.85. The van der Waals surface area contributed by atoms with Gasteiger partial charge in [0.05, 0.1) is 29.4 Å². The van der Waals surface area contributed by atoms with E-state index in [0.29, 0.717) is 25.4 Å². The second kappa shape index (κ2) is 7.40. The molecule has 0 saturated carbocycles. The summed E-state index contributed by atoms with van der Waals surface area (Å²) in [5.41, 5.74) is 0.100. The van der Waals surface area contributed by atoms with Gasteiger partial charge in [-0.05, 0) is 5.92 Å². The van der Waals surface area contributed by atoms with Crippen LogP contribution < -0.4 is 0 Å². The van der Waals surface area contributed by atoms with E-state index in [2.05, 4.69) is 11.1 Å². The number of hydrogen-bond donors (Lipinski definition) is 1. The number of nitrogens with one attached hydrogen (secondary N) is 1. The molecule has 0 unspecified atom stereocenters. The highest BCUT2D eigenvalue weighted by Crippen LogP contribution is 2.13. The number of carbonyl (C=O) groups excluding carboxylic acids is 1. The van der Waals surface area contributed by atoms with Gasteiger partial charge in [0.15, 0.2) is 5.78 Å². The zero-order chi connectivity index (χ0) is 15.1. The van der Waals surface area contributed by atoms with Crippen LogP contribution in [0.3, 0.4) is 0 Å². The lowest BCUT2D eigenvalue weighted by molar-refractivity contribution is -0.384. The molecule has 0 fully saturated rings. The predicted octanol–water partition coefficient (Wildman–Crippen LogP) is 1.98. The molecule has 1 rings (SSSR count). The number of nitro groups is 1. The molecule has 7 nitrogen and oxygen atoms in total. The van der Waals surface area contributed by atoms with E-state index < -0.39 is 4.92 Å². The van der Waals surface area contributed by atoms with E-state index in [4.69, 9.17) is 5.26 Å². The van der Waals surface area contributed by atoms with Gasteiger partial charge in [-0.25, -0.2) is 0 Å². The number of ketones is 1. The third-order valence-electron chi connectivity index (χ3n) is 2.71. The fourth-order valence-electron chi connectivity index (χ4n) is 1.90. The number of H-pyrrole nitrogens is 1. The Bertz CT molecular complexity index is 516. The summed E-state index contributed by atoms with van der Waals surface area (Å²) in [6.45, 7) is 5.43. The van der Waals surface area contributed by atoms with E-state index in [1.165, 1.54) is 12.3 Å². The molecule has 0 aliphatic rings. The van der Waals surface area contributed by atoms with Gasteiger partial charge in [-0.1, -0.05) is 13.8 Å². The lowest BCUT2D eigenvalue weighted by Crippen LogP contribution is -2.34. The van der Waals surface area contributed by atoms with Crippen LogP contribution in [0.25, 0.3) is 0 Å². The highest BCUT2D eigenvalue weighted by molar-refractivity contribution is 5.96. The van der Waals surface area contributed by atoms with Crippen LogP contribution in [0.1, 0.15) is 30.8 Å². The molecule has 0 aliphatic carbocycles. The summed E-state index contributed by atoms with van der Waals surface area (Å²) >= 11 is 0. The van der Waals surface area contributed by atoms with Crippen LogP contribution in [0, 0.1) is 27.4 Å². The summed E-state index contributed by atoms with van der Waals surface area (Å²) in [6, 6.07) is 3.29. The van der Waals surface area contributed by atoms with Gasteiger partial charge >= 0.3 is 0 Å². The second-order valence-electron chi connectivity index (χ2n) is 4.99. The molecular weight excluding hydrogens is 260 g/mol. The highest BCUT2D eigenvalue weighted by atomic mass is 16.6. The van der Waals surface area contributed by atoms with Gasteiger partial charge in [0, 0.05) is 25.6 Å². The van der Waals surface area contributed by atoms with Crippen molar-refractivity contribution in [2.45, 2.75) is 20.3 Å². The van der Waals surface area contributed by atoms with Crippen molar-refractivity contribution in [1.82, 2.24) is 9.88 Å². The third kappa shape index (κ3) is 4.82. The Morgan fingerprint density at radius 3 is 2.80 bits per heavy atom. The number of nitriles is 1. The molecule has 0 amide bonds. The van der Waals surface area contributed by atoms with Crippen molar-refractivity contribution in [3.05, 3.63) is 28.1 Å². The largest absolute Gasteiger partial charge is 0.353 e. The third-order valence-corrected chi connectivity index (χ3v) is 2.71. The fourth-order valence-corrected chi connectivity index (χ4v) is 1.90. The van der Waals surface area contributed by atoms with Crippen LogP contribution in [-0.2, 0) is 0 Å². The summed E-state index contributed by atoms with van der Waals surface area (Å²) in [5.74, 6) is 0.163. The molecule has 1 heterocycles. The van der Waals surface area contributed by atoms with Crippen molar-refractivity contribution in [1.29, 1.82) is 5.26 Å². The molecule has 0 spiro atoms. The summed E-state index contributed by atoms with van der Waals surface area (Å²) in [6.07, 6.45) is 1.56. The number of aromatic nitrogens is 1. The first-order chi connectivity index (χ1) is 9.43. The highest BCUT2D eigenvalue weighted by Gasteiger charge is 2.17. The fraction of sp³-hybridized carbons (Fsp3) is 0.538. The first-order valence-corrected chi connectivity index (χ1v) is 6.39. The van der Waals surface area contributed by atoms with Gasteiger partial charge in [0.25, 0.3) is 5.69 Å². The van der Waals surface area contributed by atoms with E-state index in [-0.39, 0.29) is 23.7 Å². The van der Waals surface area contributed by atoms with Gasteiger partial charge in [-0.15, -0.1) is 0 Å². The molecule has 1 aromatic heterocycles. The number of nitrogens with zero attached hydrogens (tertiary/aromatic N) is 3. The molecule has 0 saturated heterocycles. The van der Waals surface area contributed by atoms with Crippen molar-refractivity contribution in [3.63, 3.8) is 0 Å². The Balaban J connectivity index is 2.68. The Kier molecular flexibility index (Phi) is 5.87. The summed E-state index contributed by atoms with van der Waals surface area (Å²) in [7, 11) is 0. The molecule has 0 atom stereocenters. The number of Topliss-reactive ketones (excluding diaryl/α,β-unsaturated/α-hetero) is 1. The normalized spacial score (nSPS) is 10.8. The van der Waals surface area contributed by atoms with Crippen molar-refractivity contribution in [3.8, 4) is 6.07 Å². The lowest BCUT2D eigenvalue weighted by atomic mass is 10.2. The maximum atomic E-state index is 12.1. The van der Waals surface area contributed by atoms with Crippen molar-refractivity contribution in [2.24, 2.45) is 5.92 Å². The number of carbonyl (C=O) groups is 1. The molecule has 1 N–H and O–H groups in total. The van der Waals surface area contributed by atoms with E-state index in [1.807, 2.05) is 18.7 Å². The van der Waals surface area contributed by atoms with Crippen LogP contribution in [0.15, 0.2) is 12.3 Å². The van der Waals surface area contributed by atoms with Crippen molar-refractivity contribution in [2.75, 3.05) is 19.6 Å².